The molecule has 1 unspecified atom stereocenters. The van der Waals surface area contributed by atoms with Gasteiger partial charge in [-0.25, -0.2) is 0 Å². The van der Waals surface area contributed by atoms with E-state index in [-0.39, 0.29) is 24.0 Å². The van der Waals surface area contributed by atoms with E-state index in [4.69, 9.17) is 27.9 Å². The molecular formula is C24H25Cl2N5O3S. The van der Waals surface area contributed by atoms with Crippen LogP contribution < -0.4 is 15.4 Å². The Morgan fingerprint density at radius 1 is 1.14 bits per heavy atom. The zero-order valence-electron chi connectivity index (χ0n) is 19.3. The molecule has 1 heterocycles. The number of benzene rings is 2. The van der Waals surface area contributed by atoms with E-state index in [1.54, 1.807) is 31.4 Å². The predicted octanol–water partition coefficient (Wildman–Crippen LogP) is 4.93. The lowest BCUT2D eigenvalue weighted by molar-refractivity contribution is -0.121. The van der Waals surface area contributed by atoms with E-state index in [1.165, 1.54) is 11.8 Å². The van der Waals surface area contributed by atoms with Gasteiger partial charge in [-0.05, 0) is 42.8 Å². The number of hydrogen-bond donors (Lipinski definition) is 2. The van der Waals surface area contributed by atoms with E-state index in [0.717, 1.165) is 11.3 Å². The minimum atomic E-state index is -0.398. The maximum atomic E-state index is 12.6. The summed E-state index contributed by atoms with van der Waals surface area (Å²) < 4.78 is 6.96. The maximum absolute atomic E-state index is 12.6. The standard InChI is InChI=1S/C24H25Cl2N5O3S/c1-4-9-31-23(15(2)27-21(32)10-16-5-7-20(34-3)8-6-16)29-30-24(31)35-14-22(33)28-19-12-17(25)11-18(26)13-19/h4-8,11-13,15H,1,9-10,14H2,2-3H3,(H,27,32)(H,28,33). The highest BCUT2D eigenvalue weighted by molar-refractivity contribution is 7.99. The summed E-state index contributed by atoms with van der Waals surface area (Å²) in [4.78, 5) is 25.0. The van der Waals surface area contributed by atoms with Crippen LogP contribution in [0.2, 0.25) is 10.0 Å². The monoisotopic (exact) mass is 533 g/mol. The molecule has 2 N–H and O–H groups in total. The summed E-state index contributed by atoms with van der Waals surface area (Å²) in [6.45, 7) is 6.05. The Bertz CT molecular complexity index is 1180. The van der Waals surface area contributed by atoms with Crippen LogP contribution in [0.1, 0.15) is 24.4 Å². The van der Waals surface area contributed by atoms with Crippen molar-refractivity contribution in [3.8, 4) is 5.75 Å². The summed E-state index contributed by atoms with van der Waals surface area (Å²) >= 11 is 13.2. The first-order valence-corrected chi connectivity index (χ1v) is 12.4. The molecule has 8 nitrogen and oxygen atoms in total. The van der Waals surface area contributed by atoms with Crippen molar-refractivity contribution >= 4 is 52.5 Å². The smallest absolute Gasteiger partial charge is 0.234 e. The quantitative estimate of drug-likeness (QED) is 0.268. The number of aromatic nitrogens is 3. The average molecular weight is 534 g/mol. The second-order valence-corrected chi connectivity index (χ2v) is 9.36. The zero-order chi connectivity index (χ0) is 25.4. The SMILES string of the molecule is C=CCn1c(SCC(=O)Nc2cc(Cl)cc(Cl)c2)nnc1C(C)NC(=O)Cc1ccc(OC)cc1. The van der Waals surface area contributed by atoms with Gasteiger partial charge in [0, 0.05) is 22.3 Å². The highest BCUT2D eigenvalue weighted by Gasteiger charge is 2.20. The third-order valence-electron chi connectivity index (χ3n) is 4.82. The maximum Gasteiger partial charge on any atom is 0.234 e. The van der Waals surface area contributed by atoms with Gasteiger partial charge in [-0.1, -0.05) is 53.2 Å². The highest BCUT2D eigenvalue weighted by atomic mass is 35.5. The average Bonchev–Trinajstić information content (AvgIpc) is 3.20. The van der Waals surface area contributed by atoms with Crippen molar-refractivity contribution in [2.75, 3.05) is 18.2 Å². The number of halogens is 2. The number of nitrogens with one attached hydrogen (secondary N) is 2. The molecule has 2 aromatic carbocycles. The van der Waals surface area contributed by atoms with Crippen LogP contribution in [0.3, 0.4) is 0 Å². The highest BCUT2D eigenvalue weighted by Crippen LogP contribution is 2.24. The second-order valence-electron chi connectivity index (χ2n) is 7.55. The predicted molar refractivity (Wildman–Crippen MR) is 139 cm³/mol. The molecule has 0 fully saturated rings. The molecule has 1 aromatic heterocycles. The number of allylic oxidation sites excluding steroid dienone is 1. The van der Waals surface area contributed by atoms with Gasteiger partial charge in [0.1, 0.15) is 5.75 Å². The van der Waals surface area contributed by atoms with E-state index < -0.39 is 6.04 Å². The molecule has 0 aliphatic carbocycles. The van der Waals surface area contributed by atoms with Crippen molar-refractivity contribution < 1.29 is 14.3 Å². The lowest BCUT2D eigenvalue weighted by Gasteiger charge is -2.15. The van der Waals surface area contributed by atoms with Crippen molar-refractivity contribution in [2.45, 2.75) is 31.1 Å². The number of rotatable bonds is 11. The minimum absolute atomic E-state index is 0.0949. The molecular weight excluding hydrogens is 509 g/mol. The molecule has 1 atom stereocenters. The van der Waals surface area contributed by atoms with E-state index in [1.807, 2.05) is 35.8 Å². The summed E-state index contributed by atoms with van der Waals surface area (Å²) in [6.07, 6.45) is 1.93. The number of carbonyl (C=O) groups is 2. The molecule has 35 heavy (non-hydrogen) atoms. The van der Waals surface area contributed by atoms with Gasteiger partial charge in [0.25, 0.3) is 0 Å². The van der Waals surface area contributed by atoms with Gasteiger partial charge < -0.3 is 19.9 Å². The lowest BCUT2D eigenvalue weighted by atomic mass is 10.1. The number of carbonyl (C=O) groups excluding carboxylic acids is 2. The fourth-order valence-electron chi connectivity index (χ4n) is 3.27. The Morgan fingerprint density at radius 3 is 2.46 bits per heavy atom. The number of anilines is 1. The molecule has 0 aliphatic heterocycles. The summed E-state index contributed by atoms with van der Waals surface area (Å²) in [5.41, 5.74) is 1.38. The second kappa shape index (κ2) is 12.6. The van der Waals surface area contributed by atoms with Crippen LogP contribution in [-0.4, -0.2) is 39.4 Å². The van der Waals surface area contributed by atoms with Crippen LogP contribution in [0.5, 0.6) is 5.75 Å². The van der Waals surface area contributed by atoms with Gasteiger partial charge in [-0.2, -0.15) is 0 Å². The van der Waals surface area contributed by atoms with E-state index in [2.05, 4.69) is 27.4 Å². The molecule has 0 saturated carbocycles. The number of methoxy groups -OCH3 is 1. The molecule has 3 aromatic rings. The molecule has 184 valence electrons. The minimum Gasteiger partial charge on any atom is -0.497 e. The van der Waals surface area contributed by atoms with E-state index >= 15 is 0 Å². The van der Waals surface area contributed by atoms with Gasteiger partial charge in [0.2, 0.25) is 11.8 Å². The topological polar surface area (TPSA) is 98.1 Å². The van der Waals surface area contributed by atoms with Crippen LogP contribution in [0.25, 0.3) is 0 Å². The van der Waals surface area contributed by atoms with Crippen molar-refractivity contribution in [3.05, 3.63) is 76.6 Å². The number of amides is 2. The van der Waals surface area contributed by atoms with E-state index in [0.29, 0.717) is 33.3 Å². The third kappa shape index (κ3) is 7.74. The van der Waals surface area contributed by atoms with Gasteiger partial charge in [-0.15, -0.1) is 16.8 Å². The summed E-state index contributed by atoms with van der Waals surface area (Å²) in [6, 6.07) is 11.7. The van der Waals surface area contributed by atoms with Crippen LogP contribution in [0.4, 0.5) is 5.69 Å². The Morgan fingerprint density at radius 2 is 1.83 bits per heavy atom. The molecule has 11 heteroatoms. The summed E-state index contributed by atoms with van der Waals surface area (Å²) in [5.74, 6) is 0.999. The Kier molecular flexibility index (Phi) is 9.59. The fraction of sp³-hybridized carbons (Fsp3) is 0.250. The van der Waals surface area contributed by atoms with Crippen LogP contribution in [0, 0.1) is 0 Å². The van der Waals surface area contributed by atoms with Gasteiger partial charge >= 0.3 is 0 Å². The van der Waals surface area contributed by atoms with Crippen LogP contribution in [-0.2, 0) is 22.6 Å². The largest absolute Gasteiger partial charge is 0.497 e. The normalized spacial score (nSPS) is 11.5. The summed E-state index contributed by atoms with van der Waals surface area (Å²) in [7, 11) is 1.59. The van der Waals surface area contributed by atoms with Gasteiger partial charge in [-0.3, -0.25) is 9.59 Å². The first-order chi connectivity index (χ1) is 16.8. The molecule has 3 rings (SSSR count). The first kappa shape index (κ1) is 26.6. The number of hydrogen-bond acceptors (Lipinski definition) is 6. The Labute approximate surface area is 218 Å². The number of ether oxygens (including phenoxy) is 1. The molecule has 0 bridgehead atoms. The Hall–Kier alpha value is -3.01. The molecule has 0 aliphatic rings. The number of nitrogens with zero attached hydrogens (tertiary/aromatic N) is 3. The van der Waals surface area contributed by atoms with Crippen molar-refractivity contribution in [1.82, 2.24) is 20.1 Å². The van der Waals surface area contributed by atoms with Gasteiger partial charge in [0.15, 0.2) is 11.0 Å². The molecule has 2 amide bonds. The van der Waals surface area contributed by atoms with Crippen LogP contribution >= 0.6 is 35.0 Å². The lowest BCUT2D eigenvalue weighted by Crippen LogP contribution is -2.30. The van der Waals surface area contributed by atoms with Crippen molar-refractivity contribution in [3.63, 3.8) is 0 Å². The third-order valence-corrected chi connectivity index (χ3v) is 6.23. The first-order valence-electron chi connectivity index (χ1n) is 10.6. The molecule has 0 saturated heterocycles. The molecule has 0 spiro atoms. The van der Waals surface area contributed by atoms with E-state index in [9.17, 15) is 9.59 Å². The van der Waals surface area contributed by atoms with Crippen molar-refractivity contribution in [1.29, 1.82) is 0 Å². The van der Waals surface area contributed by atoms with Gasteiger partial charge in [0.05, 0.1) is 25.3 Å². The fourth-order valence-corrected chi connectivity index (χ4v) is 4.55. The molecule has 0 radical (unpaired) electrons. The number of thioether (sulfide) groups is 1. The van der Waals surface area contributed by atoms with Crippen molar-refractivity contribution in [2.24, 2.45) is 0 Å². The Balaban J connectivity index is 1.61. The summed E-state index contributed by atoms with van der Waals surface area (Å²) in [5, 5.41) is 15.6. The zero-order valence-corrected chi connectivity index (χ0v) is 21.6. The van der Waals surface area contributed by atoms with Crippen LogP contribution in [0.15, 0.2) is 60.3 Å².